The number of primary amides is 1. The van der Waals surface area contributed by atoms with Crippen LogP contribution in [-0.4, -0.2) is 23.7 Å². The van der Waals surface area contributed by atoms with Crippen LogP contribution in [0.2, 0.25) is 0 Å². The molecule has 6 N–H and O–H groups in total. The molecular formula is C9H13N4O2+. The predicted octanol–water partition coefficient (Wildman–Crippen LogP) is -1.31. The molecule has 0 bridgehead atoms. The van der Waals surface area contributed by atoms with Crippen LogP contribution in [0.15, 0.2) is 10.9 Å². The summed E-state index contributed by atoms with van der Waals surface area (Å²) in [5, 5.41) is 9.16. The zero-order valence-corrected chi connectivity index (χ0v) is 8.55. The van der Waals surface area contributed by atoms with Crippen molar-refractivity contribution in [1.82, 2.24) is 4.98 Å². The first kappa shape index (κ1) is 11.1. The number of nitrogens with one attached hydrogen (secondary N) is 2. The van der Waals surface area contributed by atoms with Crippen LogP contribution in [-0.2, 0) is 0 Å². The van der Waals surface area contributed by atoms with Crippen molar-refractivity contribution in [3.8, 4) is 0 Å². The Labute approximate surface area is 86.0 Å². The van der Waals surface area contributed by atoms with E-state index in [4.69, 9.17) is 11.1 Å². The average molecular weight is 209 g/mol. The highest BCUT2D eigenvalue weighted by molar-refractivity contribution is 6.02. The lowest BCUT2D eigenvalue weighted by molar-refractivity contribution is -0.543. The highest BCUT2D eigenvalue weighted by Crippen LogP contribution is 2.06. The zero-order chi connectivity index (χ0) is 11.6. The van der Waals surface area contributed by atoms with Crippen molar-refractivity contribution < 1.29 is 10.1 Å². The Bertz CT molecular complexity index is 475. The van der Waals surface area contributed by atoms with Crippen LogP contribution in [0.3, 0.4) is 0 Å². The Morgan fingerprint density at radius 3 is 2.53 bits per heavy atom. The topological polar surface area (TPSA) is 116 Å². The van der Waals surface area contributed by atoms with Gasteiger partial charge >= 0.3 is 0 Å². The van der Waals surface area contributed by atoms with Gasteiger partial charge in [-0.1, -0.05) is 0 Å². The van der Waals surface area contributed by atoms with Gasteiger partial charge in [-0.15, -0.1) is 0 Å². The average Bonchev–Trinajstić information content (AvgIpc) is 2.16. The number of carbonyl (C=O) groups excluding carboxylic acids is 1. The van der Waals surface area contributed by atoms with Crippen molar-refractivity contribution in [3.05, 3.63) is 27.5 Å². The summed E-state index contributed by atoms with van der Waals surface area (Å²) < 4.78 is 0. The second kappa shape index (κ2) is 4.05. The van der Waals surface area contributed by atoms with E-state index >= 15 is 0 Å². The number of pyridine rings is 1. The molecule has 6 nitrogen and oxygen atoms in total. The Morgan fingerprint density at radius 2 is 2.13 bits per heavy atom. The van der Waals surface area contributed by atoms with Crippen molar-refractivity contribution >= 4 is 17.4 Å². The summed E-state index contributed by atoms with van der Waals surface area (Å²) in [6.07, 6.45) is 0. The first-order valence-electron chi connectivity index (χ1n) is 4.39. The van der Waals surface area contributed by atoms with Crippen molar-refractivity contribution in [2.75, 3.05) is 7.05 Å². The molecular weight excluding hydrogens is 196 g/mol. The predicted molar refractivity (Wildman–Crippen MR) is 55.6 cm³/mol. The lowest BCUT2D eigenvalue weighted by Crippen LogP contribution is -2.74. The minimum atomic E-state index is -0.790. The van der Waals surface area contributed by atoms with Gasteiger partial charge in [-0.25, -0.2) is 0 Å². The summed E-state index contributed by atoms with van der Waals surface area (Å²) in [5.41, 5.74) is 5.16. The van der Waals surface area contributed by atoms with Crippen LogP contribution in [0.5, 0.6) is 0 Å². The second-order valence-corrected chi connectivity index (χ2v) is 3.12. The molecule has 1 aromatic rings. The zero-order valence-electron chi connectivity index (χ0n) is 8.55. The SMILES string of the molecule is C[NH2+]c1[nH]c(=O)c(C(N)=O)cc1C(C)=N. The van der Waals surface area contributed by atoms with Crippen LogP contribution < -0.4 is 16.6 Å². The third kappa shape index (κ3) is 2.10. The Morgan fingerprint density at radius 1 is 1.53 bits per heavy atom. The lowest BCUT2D eigenvalue weighted by Gasteiger charge is -2.04. The summed E-state index contributed by atoms with van der Waals surface area (Å²) in [6, 6.07) is 1.35. The van der Waals surface area contributed by atoms with Gasteiger partial charge in [0, 0.05) is 5.71 Å². The molecule has 1 heterocycles. The van der Waals surface area contributed by atoms with Crippen molar-refractivity contribution in [3.63, 3.8) is 0 Å². The number of rotatable bonds is 3. The molecule has 0 aromatic carbocycles. The summed E-state index contributed by atoms with van der Waals surface area (Å²) in [6.45, 7) is 1.57. The number of hydrogen-bond donors (Lipinski definition) is 4. The number of amides is 1. The molecule has 80 valence electrons. The fourth-order valence-electron chi connectivity index (χ4n) is 1.27. The van der Waals surface area contributed by atoms with Crippen molar-refractivity contribution in [1.29, 1.82) is 5.41 Å². The molecule has 15 heavy (non-hydrogen) atoms. The maximum absolute atomic E-state index is 11.4. The molecule has 6 heteroatoms. The smallest absolute Gasteiger partial charge is 0.265 e. The van der Waals surface area contributed by atoms with E-state index in [0.29, 0.717) is 11.4 Å². The summed E-state index contributed by atoms with van der Waals surface area (Å²) in [7, 11) is 1.74. The van der Waals surface area contributed by atoms with Crippen molar-refractivity contribution in [2.45, 2.75) is 6.92 Å². The van der Waals surface area contributed by atoms with Gasteiger partial charge in [-0.2, -0.15) is 0 Å². The van der Waals surface area contributed by atoms with E-state index in [1.165, 1.54) is 6.07 Å². The standard InChI is InChI=1S/C9H12N4O2/c1-4(10)5-3-6(7(11)14)9(15)13-8(5)12-2/h3,10H,1-2H3,(H2,11,14)(H2,12,13,15)/p+1. The van der Waals surface area contributed by atoms with Crippen molar-refractivity contribution in [2.24, 2.45) is 5.73 Å². The molecule has 0 saturated carbocycles. The largest absolute Gasteiger partial charge is 0.365 e. The molecule has 0 aliphatic rings. The van der Waals surface area contributed by atoms with E-state index in [2.05, 4.69) is 4.98 Å². The van der Waals surface area contributed by atoms with Crippen LogP contribution >= 0.6 is 0 Å². The maximum atomic E-state index is 11.4. The maximum Gasteiger partial charge on any atom is 0.265 e. The molecule has 1 aromatic heterocycles. The van der Waals surface area contributed by atoms with Gasteiger partial charge in [0.2, 0.25) is 5.82 Å². The number of hydrogen-bond acceptors (Lipinski definition) is 3. The molecule has 0 unspecified atom stereocenters. The van der Waals surface area contributed by atoms with Gasteiger partial charge in [0.15, 0.2) is 0 Å². The highest BCUT2D eigenvalue weighted by atomic mass is 16.2. The van der Waals surface area contributed by atoms with Gasteiger partial charge < -0.3 is 16.5 Å². The molecule has 1 amide bonds. The first-order valence-corrected chi connectivity index (χ1v) is 4.39. The van der Waals surface area contributed by atoms with Crippen LogP contribution in [0.25, 0.3) is 0 Å². The minimum absolute atomic E-state index is 0.123. The van der Waals surface area contributed by atoms with Gasteiger partial charge in [0.25, 0.3) is 11.5 Å². The van der Waals surface area contributed by atoms with E-state index in [1.54, 1.807) is 19.3 Å². The molecule has 0 saturated heterocycles. The molecule has 1 rings (SSSR count). The minimum Gasteiger partial charge on any atom is -0.365 e. The molecule has 0 atom stereocenters. The normalized spacial score (nSPS) is 10.0. The number of aromatic nitrogens is 1. The van der Waals surface area contributed by atoms with Crippen LogP contribution in [0.1, 0.15) is 22.8 Å². The van der Waals surface area contributed by atoms with Gasteiger partial charge in [-0.3, -0.25) is 14.6 Å². The van der Waals surface area contributed by atoms with E-state index < -0.39 is 11.5 Å². The summed E-state index contributed by atoms with van der Waals surface area (Å²) in [5.74, 6) is -0.265. The van der Waals surface area contributed by atoms with E-state index in [0.717, 1.165) is 0 Å². The van der Waals surface area contributed by atoms with E-state index in [9.17, 15) is 9.59 Å². The number of quaternary nitrogens is 1. The number of carbonyl (C=O) groups is 1. The van der Waals surface area contributed by atoms with Gasteiger partial charge in [0.1, 0.15) is 5.56 Å². The first-order chi connectivity index (χ1) is 6.97. The molecule has 0 spiro atoms. The summed E-state index contributed by atoms with van der Waals surface area (Å²) in [4.78, 5) is 24.8. The number of H-pyrrole nitrogens is 1. The number of nitrogens with two attached hydrogens (primary N) is 2. The Hall–Kier alpha value is -1.95. The van der Waals surface area contributed by atoms with E-state index in [1.807, 2.05) is 0 Å². The quantitative estimate of drug-likeness (QED) is 0.462. The Balaban J connectivity index is 3.51. The van der Waals surface area contributed by atoms with Gasteiger partial charge in [-0.05, 0) is 13.0 Å². The second-order valence-electron chi connectivity index (χ2n) is 3.12. The van der Waals surface area contributed by atoms with Crippen LogP contribution in [0.4, 0.5) is 5.82 Å². The highest BCUT2D eigenvalue weighted by Gasteiger charge is 2.14. The summed E-state index contributed by atoms with van der Waals surface area (Å²) >= 11 is 0. The fraction of sp³-hybridized carbons (Fsp3) is 0.222. The fourth-order valence-corrected chi connectivity index (χ4v) is 1.27. The monoisotopic (exact) mass is 209 g/mol. The molecule has 0 radical (unpaired) electrons. The third-order valence-electron chi connectivity index (χ3n) is 2.03. The number of aromatic amines is 1. The van der Waals surface area contributed by atoms with Gasteiger partial charge in [0.05, 0.1) is 12.6 Å². The Kier molecular flexibility index (Phi) is 3.01. The third-order valence-corrected chi connectivity index (χ3v) is 2.03. The molecule has 0 aliphatic heterocycles. The lowest BCUT2D eigenvalue weighted by atomic mass is 10.1. The van der Waals surface area contributed by atoms with Crippen LogP contribution in [0, 0.1) is 5.41 Å². The molecule has 0 fully saturated rings. The molecule has 0 aliphatic carbocycles. The van der Waals surface area contributed by atoms with E-state index in [-0.39, 0.29) is 11.3 Å².